The lowest BCUT2D eigenvalue weighted by atomic mass is 10.3. The van der Waals surface area contributed by atoms with Crippen LogP contribution >= 0.6 is 0 Å². The summed E-state index contributed by atoms with van der Waals surface area (Å²) in [5.74, 6) is 0.399. The second-order valence-corrected chi connectivity index (χ2v) is 3.12. The Morgan fingerprint density at radius 1 is 1.27 bits per heavy atom. The molecule has 2 aromatic heterocycles. The Labute approximate surface area is 86.0 Å². The summed E-state index contributed by atoms with van der Waals surface area (Å²) in [5.41, 5.74) is 6.83. The molecule has 2 rings (SSSR count). The first-order chi connectivity index (χ1) is 7.15. The largest absolute Gasteiger partial charge is 0.384 e. The number of aryl methyl sites for hydroxylation is 1. The van der Waals surface area contributed by atoms with Crippen molar-refractivity contribution >= 4 is 5.82 Å². The summed E-state index contributed by atoms with van der Waals surface area (Å²) in [4.78, 5) is 12.0. The van der Waals surface area contributed by atoms with Crippen molar-refractivity contribution in [3.8, 4) is 11.5 Å². The van der Waals surface area contributed by atoms with E-state index in [1.54, 1.807) is 6.07 Å². The van der Waals surface area contributed by atoms with Crippen LogP contribution in [0.15, 0.2) is 24.4 Å². The molecule has 4 nitrogen and oxygen atoms in total. The van der Waals surface area contributed by atoms with Crippen molar-refractivity contribution in [2.75, 3.05) is 5.73 Å². The molecule has 0 fully saturated rings. The molecule has 0 bridgehead atoms. The third-order valence-electron chi connectivity index (χ3n) is 1.83. The maximum atomic E-state index is 12.6. The summed E-state index contributed by atoms with van der Waals surface area (Å²) in [6, 6.07) is 4.49. The van der Waals surface area contributed by atoms with E-state index in [1.807, 2.05) is 6.92 Å². The molecule has 0 atom stereocenters. The predicted octanol–water partition coefficient (Wildman–Crippen LogP) is 1.57. The van der Waals surface area contributed by atoms with Crippen molar-refractivity contribution in [1.29, 1.82) is 0 Å². The van der Waals surface area contributed by atoms with Crippen molar-refractivity contribution in [2.45, 2.75) is 6.92 Å². The number of hydrogen-bond acceptors (Lipinski definition) is 4. The lowest BCUT2D eigenvalue weighted by Gasteiger charge is -2.01. The summed E-state index contributed by atoms with van der Waals surface area (Å²) in [6.45, 7) is 1.81. The molecule has 2 aromatic rings. The van der Waals surface area contributed by atoms with Gasteiger partial charge in [0.15, 0.2) is 5.82 Å². The Hall–Kier alpha value is -2.04. The third kappa shape index (κ3) is 2.07. The van der Waals surface area contributed by atoms with Crippen molar-refractivity contribution in [3.05, 3.63) is 35.9 Å². The van der Waals surface area contributed by atoms with Crippen LogP contribution in [0.3, 0.4) is 0 Å². The van der Waals surface area contributed by atoms with Crippen molar-refractivity contribution < 1.29 is 4.39 Å². The van der Waals surface area contributed by atoms with Gasteiger partial charge in [-0.1, -0.05) is 0 Å². The van der Waals surface area contributed by atoms with E-state index in [4.69, 9.17) is 5.73 Å². The second kappa shape index (κ2) is 3.61. The van der Waals surface area contributed by atoms with Crippen molar-refractivity contribution in [2.24, 2.45) is 0 Å². The normalized spacial score (nSPS) is 10.3. The Kier molecular flexibility index (Phi) is 2.29. The first kappa shape index (κ1) is 9.51. The van der Waals surface area contributed by atoms with E-state index in [1.165, 1.54) is 12.1 Å². The van der Waals surface area contributed by atoms with Gasteiger partial charge in [-0.15, -0.1) is 0 Å². The standard InChI is InChI=1S/C10H9FN4/c1-6-4-9(12)15-10(14-6)8-3-2-7(11)5-13-8/h2-5H,1H3,(H2,12,14,15). The predicted molar refractivity (Wildman–Crippen MR) is 54.4 cm³/mol. The van der Waals surface area contributed by atoms with E-state index in [2.05, 4.69) is 15.0 Å². The monoisotopic (exact) mass is 204 g/mol. The van der Waals surface area contributed by atoms with Gasteiger partial charge in [0, 0.05) is 11.8 Å². The maximum Gasteiger partial charge on any atom is 0.180 e. The molecular weight excluding hydrogens is 195 g/mol. The number of aromatic nitrogens is 3. The van der Waals surface area contributed by atoms with Gasteiger partial charge in [0.25, 0.3) is 0 Å². The fourth-order valence-corrected chi connectivity index (χ4v) is 1.22. The Balaban J connectivity index is 2.49. The smallest absolute Gasteiger partial charge is 0.180 e. The van der Waals surface area contributed by atoms with E-state index < -0.39 is 0 Å². The Bertz CT molecular complexity index is 461. The topological polar surface area (TPSA) is 64.7 Å². The van der Waals surface area contributed by atoms with Gasteiger partial charge in [0.1, 0.15) is 17.3 Å². The molecule has 0 saturated heterocycles. The molecule has 0 unspecified atom stereocenters. The van der Waals surface area contributed by atoms with Crippen molar-refractivity contribution in [1.82, 2.24) is 15.0 Å². The van der Waals surface area contributed by atoms with Crippen LogP contribution in [0, 0.1) is 12.7 Å². The highest BCUT2D eigenvalue weighted by molar-refractivity contribution is 5.51. The second-order valence-electron chi connectivity index (χ2n) is 3.12. The summed E-state index contributed by atoms with van der Waals surface area (Å²) in [6.07, 6.45) is 1.12. The minimum Gasteiger partial charge on any atom is -0.384 e. The Morgan fingerprint density at radius 2 is 2.07 bits per heavy atom. The van der Waals surface area contributed by atoms with Gasteiger partial charge in [-0.3, -0.25) is 0 Å². The van der Waals surface area contributed by atoms with Gasteiger partial charge < -0.3 is 5.73 Å². The number of hydrogen-bond donors (Lipinski definition) is 1. The van der Waals surface area contributed by atoms with Crippen LogP contribution in [0.2, 0.25) is 0 Å². The number of rotatable bonds is 1. The van der Waals surface area contributed by atoms with Crippen molar-refractivity contribution in [3.63, 3.8) is 0 Å². The summed E-state index contributed by atoms with van der Waals surface area (Å²) >= 11 is 0. The van der Waals surface area contributed by atoms with Gasteiger partial charge in [-0.2, -0.15) is 0 Å². The van der Waals surface area contributed by atoms with Crippen LogP contribution in [0.25, 0.3) is 11.5 Å². The van der Waals surface area contributed by atoms with E-state index in [0.717, 1.165) is 11.9 Å². The zero-order chi connectivity index (χ0) is 10.8. The van der Waals surface area contributed by atoms with Gasteiger partial charge in [-0.25, -0.2) is 19.3 Å². The number of nitrogens with two attached hydrogens (primary N) is 1. The summed E-state index contributed by atoms with van der Waals surface area (Å²) in [7, 11) is 0. The lowest BCUT2D eigenvalue weighted by molar-refractivity contribution is 0.621. The Morgan fingerprint density at radius 3 is 2.67 bits per heavy atom. The first-order valence-electron chi connectivity index (χ1n) is 4.38. The van der Waals surface area contributed by atoms with Crippen LogP contribution in [-0.4, -0.2) is 15.0 Å². The third-order valence-corrected chi connectivity index (χ3v) is 1.83. The highest BCUT2D eigenvalue weighted by atomic mass is 19.1. The molecule has 0 aliphatic heterocycles. The highest BCUT2D eigenvalue weighted by Crippen LogP contribution is 2.13. The maximum absolute atomic E-state index is 12.6. The molecular formula is C10H9FN4. The molecule has 5 heteroatoms. The van der Waals surface area contributed by atoms with Crippen LogP contribution in [0.4, 0.5) is 10.2 Å². The molecule has 0 saturated carbocycles. The fraction of sp³-hybridized carbons (Fsp3) is 0.100. The highest BCUT2D eigenvalue weighted by Gasteiger charge is 2.04. The first-order valence-corrected chi connectivity index (χ1v) is 4.38. The van der Waals surface area contributed by atoms with Gasteiger partial charge >= 0.3 is 0 Å². The number of nitrogen functional groups attached to an aromatic ring is 1. The van der Waals surface area contributed by atoms with Gasteiger partial charge in [-0.05, 0) is 19.1 Å². The minimum atomic E-state index is -0.389. The van der Waals surface area contributed by atoms with E-state index in [0.29, 0.717) is 17.3 Å². The average Bonchev–Trinajstić information content (AvgIpc) is 2.17. The van der Waals surface area contributed by atoms with E-state index in [-0.39, 0.29) is 5.82 Å². The molecule has 0 amide bonds. The lowest BCUT2D eigenvalue weighted by Crippen LogP contribution is -1.98. The van der Waals surface area contributed by atoms with Crippen LogP contribution in [0.5, 0.6) is 0 Å². The fourth-order valence-electron chi connectivity index (χ4n) is 1.22. The van der Waals surface area contributed by atoms with Crippen LogP contribution in [0.1, 0.15) is 5.69 Å². The quantitative estimate of drug-likeness (QED) is 0.765. The number of halogens is 1. The molecule has 2 heterocycles. The van der Waals surface area contributed by atoms with E-state index in [9.17, 15) is 4.39 Å². The molecule has 0 radical (unpaired) electrons. The van der Waals surface area contributed by atoms with Gasteiger partial charge in [0.05, 0.1) is 6.20 Å². The number of anilines is 1. The number of pyridine rings is 1. The molecule has 0 aliphatic rings. The minimum absolute atomic E-state index is 0.378. The zero-order valence-electron chi connectivity index (χ0n) is 8.11. The van der Waals surface area contributed by atoms with Crippen LogP contribution in [-0.2, 0) is 0 Å². The molecule has 0 spiro atoms. The molecule has 15 heavy (non-hydrogen) atoms. The molecule has 0 aromatic carbocycles. The van der Waals surface area contributed by atoms with Gasteiger partial charge in [0.2, 0.25) is 0 Å². The zero-order valence-corrected chi connectivity index (χ0v) is 8.11. The summed E-state index contributed by atoms with van der Waals surface area (Å²) < 4.78 is 12.6. The molecule has 0 aliphatic carbocycles. The summed E-state index contributed by atoms with van der Waals surface area (Å²) in [5, 5.41) is 0. The SMILES string of the molecule is Cc1cc(N)nc(-c2ccc(F)cn2)n1. The average molecular weight is 204 g/mol. The molecule has 2 N–H and O–H groups in total. The van der Waals surface area contributed by atoms with E-state index >= 15 is 0 Å². The number of nitrogens with zero attached hydrogens (tertiary/aromatic N) is 3. The molecule has 76 valence electrons. The van der Waals surface area contributed by atoms with Crippen LogP contribution < -0.4 is 5.73 Å².